The summed E-state index contributed by atoms with van der Waals surface area (Å²) in [5, 5.41) is 5.30. The number of ether oxygens (including phenoxy) is 2. The van der Waals surface area contributed by atoms with E-state index in [-0.39, 0.29) is 45.3 Å². The van der Waals surface area contributed by atoms with E-state index in [1.807, 2.05) is 32.0 Å². The number of benzene rings is 3. The first-order valence-electron chi connectivity index (χ1n) is 11.6. The second kappa shape index (κ2) is 11.6. The normalized spacial score (nSPS) is 14.3. The van der Waals surface area contributed by atoms with Crippen molar-refractivity contribution in [3.8, 4) is 11.5 Å². The summed E-state index contributed by atoms with van der Waals surface area (Å²) in [5.41, 5.74) is 3.10. The number of rotatable bonds is 7. The second-order valence-corrected chi connectivity index (χ2v) is 9.42. The fourth-order valence-corrected chi connectivity index (χ4v) is 4.03. The van der Waals surface area contributed by atoms with Gasteiger partial charge >= 0.3 is 6.03 Å². The van der Waals surface area contributed by atoms with Crippen molar-refractivity contribution < 1.29 is 28.7 Å². The highest BCUT2D eigenvalue weighted by atomic mass is 35.5. The molecule has 200 valence electrons. The summed E-state index contributed by atoms with van der Waals surface area (Å²) >= 11 is 12.0. The Balaban J connectivity index is 1.51. The molecule has 0 aromatic heterocycles. The predicted molar refractivity (Wildman–Crippen MR) is 148 cm³/mol. The highest BCUT2D eigenvalue weighted by Gasteiger charge is 2.37. The Hall–Kier alpha value is -4.34. The number of aryl methyl sites for hydroxylation is 2. The van der Waals surface area contributed by atoms with Crippen LogP contribution in [0.25, 0.3) is 6.08 Å². The number of halogens is 2. The predicted octanol–water partition coefficient (Wildman–Crippen LogP) is 5.30. The third-order valence-corrected chi connectivity index (χ3v) is 6.65. The molecule has 5 amide bonds. The van der Waals surface area contributed by atoms with E-state index >= 15 is 0 Å². The van der Waals surface area contributed by atoms with Gasteiger partial charge < -0.3 is 14.8 Å². The van der Waals surface area contributed by atoms with E-state index < -0.39 is 17.8 Å². The molecule has 0 radical (unpaired) electrons. The third kappa shape index (κ3) is 6.22. The van der Waals surface area contributed by atoms with Gasteiger partial charge in [-0.25, -0.2) is 9.69 Å². The van der Waals surface area contributed by atoms with Crippen molar-refractivity contribution in [3.05, 3.63) is 86.9 Å². The lowest BCUT2D eigenvalue weighted by molar-refractivity contribution is -0.122. The van der Waals surface area contributed by atoms with Crippen molar-refractivity contribution in [2.24, 2.45) is 0 Å². The molecule has 1 aliphatic rings. The molecule has 0 spiro atoms. The topological polar surface area (TPSA) is 114 Å². The molecule has 3 aromatic carbocycles. The van der Waals surface area contributed by atoms with Crippen LogP contribution in [0.4, 0.5) is 16.2 Å². The van der Waals surface area contributed by atoms with Crippen molar-refractivity contribution >= 4 is 64.4 Å². The van der Waals surface area contributed by atoms with E-state index in [0.717, 1.165) is 16.0 Å². The molecular formula is C28H23Cl2N3O6. The Morgan fingerprint density at radius 2 is 1.72 bits per heavy atom. The van der Waals surface area contributed by atoms with Gasteiger partial charge in [0.15, 0.2) is 18.1 Å². The first-order chi connectivity index (χ1) is 18.6. The number of methoxy groups -OCH3 is 1. The molecule has 11 heteroatoms. The average Bonchev–Trinajstić information content (AvgIpc) is 2.89. The number of anilines is 2. The standard InChI is InChI=1S/C28H23Cl2N3O6/c1-15-4-6-18(10-16(15)2)31-25(34)14-39-23-9-5-17(12-24(23)38-3)11-20-26(35)32-28(37)33(27(20)36)19-7-8-21(29)22(30)13-19/h4-13H,14H2,1-3H3,(H,31,34)(H,32,35,37)/b20-11-. The van der Waals surface area contributed by atoms with Crippen LogP contribution in [-0.4, -0.2) is 37.5 Å². The van der Waals surface area contributed by atoms with Gasteiger partial charge in [-0.15, -0.1) is 0 Å². The van der Waals surface area contributed by atoms with Crippen molar-refractivity contribution in [1.29, 1.82) is 0 Å². The molecule has 9 nitrogen and oxygen atoms in total. The van der Waals surface area contributed by atoms with Crippen LogP contribution in [-0.2, 0) is 14.4 Å². The molecule has 4 rings (SSSR count). The van der Waals surface area contributed by atoms with Crippen LogP contribution in [0.15, 0.2) is 60.2 Å². The molecule has 1 aliphatic heterocycles. The van der Waals surface area contributed by atoms with Crippen molar-refractivity contribution in [2.75, 3.05) is 23.9 Å². The Bertz CT molecular complexity index is 1540. The van der Waals surface area contributed by atoms with Gasteiger partial charge in [-0.3, -0.25) is 19.7 Å². The number of imide groups is 2. The van der Waals surface area contributed by atoms with Crippen LogP contribution < -0.4 is 25.0 Å². The molecule has 0 saturated carbocycles. The van der Waals surface area contributed by atoms with Crippen molar-refractivity contribution in [1.82, 2.24) is 5.32 Å². The zero-order chi connectivity index (χ0) is 28.3. The number of hydrogen-bond donors (Lipinski definition) is 2. The number of carbonyl (C=O) groups is 4. The monoisotopic (exact) mass is 567 g/mol. The maximum Gasteiger partial charge on any atom is 0.335 e. The van der Waals surface area contributed by atoms with E-state index in [1.54, 1.807) is 12.1 Å². The maximum absolute atomic E-state index is 13.1. The molecule has 2 N–H and O–H groups in total. The fourth-order valence-electron chi connectivity index (χ4n) is 3.74. The fraction of sp³-hybridized carbons (Fsp3) is 0.143. The lowest BCUT2D eigenvalue weighted by Gasteiger charge is -2.26. The average molecular weight is 568 g/mol. The molecule has 0 atom stereocenters. The summed E-state index contributed by atoms with van der Waals surface area (Å²) < 4.78 is 11.0. The number of nitrogens with zero attached hydrogens (tertiary/aromatic N) is 1. The number of urea groups is 1. The number of nitrogens with one attached hydrogen (secondary N) is 2. The minimum absolute atomic E-state index is 0.139. The maximum atomic E-state index is 13.1. The van der Waals surface area contributed by atoms with Gasteiger partial charge in [-0.05, 0) is 79.1 Å². The highest BCUT2D eigenvalue weighted by Crippen LogP contribution is 2.31. The molecule has 39 heavy (non-hydrogen) atoms. The summed E-state index contributed by atoms with van der Waals surface area (Å²) in [6.07, 6.45) is 1.31. The van der Waals surface area contributed by atoms with E-state index in [0.29, 0.717) is 11.3 Å². The van der Waals surface area contributed by atoms with Crippen LogP contribution >= 0.6 is 23.2 Å². The molecule has 3 aromatic rings. The van der Waals surface area contributed by atoms with Gasteiger partial charge in [-0.1, -0.05) is 35.3 Å². The SMILES string of the molecule is COc1cc(/C=C2/C(=O)NC(=O)N(c3ccc(Cl)c(Cl)c3)C2=O)ccc1OCC(=O)Nc1ccc(C)c(C)c1. The summed E-state index contributed by atoms with van der Waals surface area (Å²) in [6, 6.07) is 13.5. The minimum atomic E-state index is -0.916. The van der Waals surface area contributed by atoms with E-state index in [4.69, 9.17) is 32.7 Å². The zero-order valence-corrected chi connectivity index (χ0v) is 22.6. The van der Waals surface area contributed by atoms with Crippen LogP contribution in [0.5, 0.6) is 11.5 Å². The number of hydrogen-bond acceptors (Lipinski definition) is 6. The molecule has 1 fully saturated rings. The van der Waals surface area contributed by atoms with Crippen LogP contribution in [0.1, 0.15) is 16.7 Å². The first-order valence-corrected chi connectivity index (χ1v) is 12.4. The van der Waals surface area contributed by atoms with Gasteiger partial charge in [0.25, 0.3) is 17.7 Å². The minimum Gasteiger partial charge on any atom is -0.493 e. The Labute approximate surface area is 234 Å². The Morgan fingerprint density at radius 1 is 0.949 bits per heavy atom. The Morgan fingerprint density at radius 3 is 2.41 bits per heavy atom. The summed E-state index contributed by atoms with van der Waals surface area (Å²) in [6.45, 7) is 3.67. The highest BCUT2D eigenvalue weighted by molar-refractivity contribution is 6.43. The van der Waals surface area contributed by atoms with Crippen molar-refractivity contribution in [3.63, 3.8) is 0 Å². The smallest absolute Gasteiger partial charge is 0.335 e. The number of carbonyl (C=O) groups excluding carboxylic acids is 4. The molecule has 0 unspecified atom stereocenters. The summed E-state index contributed by atoms with van der Waals surface area (Å²) in [7, 11) is 1.41. The van der Waals surface area contributed by atoms with Gasteiger partial charge in [-0.2, -0.15) is 0 Å². The lowest BCUT2D eigenvalue weighted by atomic mass is 10.1. The molecule has 1 heterocycles. The van der Waals surface area contributed by atoms with Crippen molar-refractivity contribution in [2.45, 2.75) is 13.8 Å². The second-order valence-electron chi connectivity index (χ2n) is 8.60. The number of barbiturate groups is 1. The number of amides is 5. The van der Waals surface area contributed by atoms with E-state index in [1.165, 1.54) is 37.5 Å². The van der Waals surface area contributed by atoms with Crippen LogP contribution in [0, 0.1) is 13.8 Å². The van der Waals surface area contributed by atoms with Crippen LogP contribution in [0.2, 0.25) is 10.0 Å². The van der Waals surface area contributed by atoms with E-state index in [2.05, 4.69) is 10.6 Å². The summed E-state index contributed by atoms with van der Waals surface area (Å²) in [5.74, 6) is -1.51. The van der Waals surface area contributed by atoms with Gasteiger partial charge in [0.05, 0.1) is 22.8 Å². The first kappa shape index (κ1) is 27.7. The van der Waals surface area contributed by atoms with E-state index in [9.17, 15) is 19.2 Å². The molecule has 1 saturated heterocycles. The largest absolute Gasteiger partial charge is 0.493 e. The van der Waals surface area contributed by atoms with Gasteiger partial charge in [0, 0.05) is 5.69 Å². The zero-order valence-electron chi connectivity index (χ0n) is 21.1. The van der Waals surface area contributed by atoms with Gasteiger partial charge in [0.1, 0.15) is 5.57 Å². The quantitative estimate of drug-likeness (QED) is 0.295. The Kier molecular flexibility index (Phi) is 8.23. The summed E-state index contributed by atoms with van der Waals surface area (Å²) in [4.78, 5) is 51.2. The molecule has 0 bridgehead atoms. The van der Waals surface area contributed by atoms with Crippen LogP contribution in [0.3, 0.4) is 0 Å². The lowest BCUT2D eigenvalue weighted by Crippen LogP contribution is -2.54. The third-order valence-electron chi connectivity index (χ3n) is 5.91. The molecule has 0 aliphatic carbocycles. The molecular weight excluding hydrogens is 545 g/mol. The van der Waals surface area contributed by atoms with Gasteiger partial charge in [0.2, 0.25) is 0 Å².